The number of ether oxygens (including phenoxy) is 1. The average Bonchev–Trinajstić information content (AvgIpc) is 3.29. The van der Waals surface area contributed by atoms with Crippen LogP contribution in [0.4, 0.5) is 15.8 Å². The molecule has 0 saturated carbocycles. The minimum atomic E-state index is -0.965. The second-order valence-corrected chi connectivity index (χ2v) is 9.46. The summed E-state index contributed by atoms with van der Waals surface area (Å²) in [6, 6.07) is 9.07. The third-order valence-corrected chi connectivity index (χ3v) is 6.79. The second-order valence-electron chi connectivity index (χ2n) is 9.46. The fourth-order valence-electron chi connectivity index (χ4n) is 4.64. The van der Waals surface area contributed by atoms with E-state index < -0.39 is 6.17 Å². The Labute approximate surface area is 223 Å². The molecule has 38 heavy (non-hydrogen) atoms. The van der Waals surface area contributed by atoms with Crippen LogP contribution >= 0.6 is 0 Å². The molecule has 1 aliphatic rings. The molecule has 4 rings (SSSR count). The number of alkyl halides is 1. The van der Waals surface area contributed by atoms with Crippen molar-refractivity contribution in [1.82, 2.24) is 19.6 Å². The third-order valence-electron chi connectivity index (χ3n) is 6.79. The molecule has 1 aromatic carbocycles. The summed E-state index contributed by atoms with van der Waals surface area (Å²) in [6.45, 7) is 9.76. The van der Waals surface area contributed by atoms with E-state index in [4.69, 9.17) is 9.72 Å². The van der Waals surface area contributed by atoms with E-state index in [1.54, 1.807) is 38.4 Å². The van der Waals surface area contributed by atoms with Crippen molar-refractivity contribution in [3.8, 4) is 17.6 Å². The molecule has 0 bridgehead atoms. The molecule has 8 nitrogen and oxygen atoms in total. The van der Waals surface area contributed by atoms with Crippen LogP contribution in [0.2, 0.25) is 0 Å². The van der Waals surface area contributed by atoms with Crippen LogP contribution in [-0.4, -0.2) is 72.2 Å². The van der Waals surface area contributed by atoms with Crippen molar-refractivity contribution in [3.63, 3.8) is 0 Å². The molecule has 1 fully saturated rings. The van der Waals surface area contributed by atoms with E-state index >= 15 is 0 Å². The second kappa shape index (κ2) is 12.0. The summed E-state index contributed by atoms with van der Waals surface area (Å²) in [5.41, 5.74) is 4.05. The van der Waals surface area contributed by atoms with Gasteiger partial charge in [0.1, 0.15) is 17.6 Å². The smallest absolute Gasteiger partial charge is 0.251 e. The van der Waals surface area contributed by atoms with Crippen molar-refractivity contribution in [3.05, 3.63) is 60.1 Å². The standard InChI is InChI=1S/C29H35FN6O2/c1-6-26-23(9-7-14-32-24-12-11-20(29(37)31-4)17-27(24)38-5)34-28-25(10-8-15-36(26)28)33-22-13-16-35(19(2)3)18-21(22)30/h6,8,10-12,15,17,19,21-22,32-33H,1,13-14,16,18H2,2-5H3,(H,31,37)/t21-,22+/m0/s1. The third kappa shape index (κ3) is 5.76. The zero-order valence-electron chi connectivity index (χ0n) is 22.3. The van der Waals surface area contributed by atoms with E-state index in [0.717, 1.165) is 30.0 Å². The van der Waals surface area contributed by atoms with E-state index in [1.807, 2.05) is 22.7 Å². The highest BCUT2D eigenvalue weighted by Gasteiger charge is 2.30. The molecular formula is C29H35FN6O2. The van der Waals surface area contributed by atoms with Crippen LogP contribution in [0.5, 0.6) is 5.75 Å². The number of imidazole rings is 1. The van der Waals surface area contributed by atoms with Gasteiger partial charge >= 0.3 is 0 Å². The first kappa shape index (κ1) is 27.0. The number of carbonyl (C=O) groups is 1. The summed E-state index contributed by atoms with van der Waals surface area (Å²) in [7, 11) is 3.14. The Morgan fingerprint density at radius 2 is 2.16 bits per heavy atom. The topological polar surface area (TPSA) is 82.9 Å². The van der Waals surface area contributed by atoms with E-state index in [1.165, 1.54) is 0 Å². The highest BCUT2D eigenvalue weighted by molar-refractivity contribution is 5.95. The first-order chi connectivity index (χ1) is 18.4. The molecule has 1 amide bonds. The first-order valence-electron chi connectivity index (χ1n) is 12.8. The van der Waals surface area contributed by atoms with Gasteiger partial charge in [0.05, 0.1) is 36.8 Å². The quantitative estimate of drug-likeness (QED) is 0.391. The number of halogens is 1. The molecular weight excluding hydrogens is 483 g/mol. The minimum absolute atomic E-state index is 0.185. The number of fused-ring (bicyclic) bond motifs is 1. The number of aromatic nitrogens is 2. The summed E-state index contributed by atoms with van der Waals surface area (Å²) < 4.78 is 22.3. The number of nitrogens with one attached hydrogen (secondary N) is 3. The van der Waals surface area contributed by atoms with Gasteiger partial charge in [-0.15, -0.1) is 0 Å². The molecule has 2 aromatic heterocycles. The monoisotopic (exact) mass is 518 g/mol. The number of hydrogen-bond donors (Lipinski definition) is 3. The van der Waals surface area contributed by atoms with Crippen LogP contribution in [0.1, 0.15) is 42.0 Å². The summed E-state index contributed by atoms with van der Waals surface area (Å²) in [5, 5.41) is 9.22. The predicted octanol–water partition coefficient (Wildman–Crippen LogP) is 4.04. The Hall–Kier alpha value is -4.03. The van der Waals surface area contributed by atoms with Gasteiger partial charge in [-0.25, -0.2) is 9.37 Å². The van der Waals surface area contributed by atoms with Gasteiger partial charge in [-0.05, 0) is 62.6 Å². The molecule has 0 radical (unpaired) electrons. The molecule has 200 valence electrons. The van der Waals surface area contributed by atoms with Crippen molar-refractivity contribution in [2.75, 3.05) is 44.4 Å². The zero-order valence-corrected chi connectivity index (χ0v) is 22.3. The highest BCUT2D eigenvalue weighted by atomic mass is 19.1. The fraction of sp³-hybridized carbons (Fsp3) is 0.379. The molecule has 0 spiro atoms. The Balaban J connectivity index is 1.50. The predicted molar refractivity (Wildman–Crippen MR) is 151 cm³/mol. The van der Waals surface area contributed by atoms with Crippen molar-refractivity contribution in [2.45, 2.75) is 38.5 Å². The van der Waals surface area contributed by atoms with E-state index in [-0.39, 0.29) is 11.9 Å². The number of pyridine rings is 1. The maximum absolute atomic E-state index is 15.0. The lowest BCUT2D eigenvalue weighted by Gasteiger charge is -2.37. The van der Waals surface area contributed by atoms with E-state index in [2.05, 4.69) is 53.1 Å². The largest absolute Gasteiger partial charge is 0.495 e. The lowest BCUT2D eigenvalue weighted by molar-refractivity contribution is 0.0962. The molecule has 1 saturated heterocycles. The van der Waals surface area contributed by atoms with Crippen molar-refractivity contribution >= 4 is 29.0 Å². The zero-order chi connectivity index (χ0) is 27.2. The maximum Gasteiger partial charge on any atom is 0.251 e. The fourth-order valence-corrected chi connectivity index (χ4v) is 4.64. The van der Waals surface area contributed by atoms with Crippen LogP contribution in [0.15, 0.2) is 43.1 Å². The molecule has 3 N–H and O–H groups in total. The SMILES string of the molecule is C=Cc1c(C#CCNc2ccc(C(=O)NC)cc2OC)nc2c(N[C@@H]3CCN(C(C)C)C[C@@H]3F)cccn12. The number of amides is 1. The lowest BCUT2D eigenvalue weighted by atomic mass is 10.0. The summed E-state index contributed by atoms with van der Waals surface area (Å²) in [4.78, 5) is 18.8. The molecule has 0 aliphatic carbocycles. The normalized spacial score (nSPS) is 17.5. The van der Waals surface area contributed by atoms with E-state index in [0.29, 0.717) is 41.8 Å². The number of rotatable bonds is 8. The molecule has 2 atom stereocenters. The molecule has 0 unspecified atom stereocenters. The number of likely N-dealkylation sites (tertiary alicyclic amines) is 1. The Morgan fingerprint density at radius 3 is 2.84 bits per heavy atom. The number of anilines is 2. The number of benzene rings is 1. The number of piperidine rings is 1. The lowest BCUT2D eigenvalue weighted by Crippen LogP contribution is -2.50. The highest BCUT2D eigenvalue weighted by Crippen LogP contribution is 2.26. The van der Waals surface area contributed by atoms with Crippen molar-refractivity contribution < 1.29 is 13.9 Å². The van der Waals surface area contributed by atoms with Crippen LogP contribution in [-0.2, 0) is 0 Å². The first-order valence-corrected chi connectivity index (χ1v) is 12.8. The Kier molecular flexibility index (Phi) is 8.54. The van der Waals surface area contributed by atoms with Gasteiger partial charge in [0.2, 0.25) is 0 Å². The molecule has 9 heteroatoms. The van der Waals surface area contributed by atoms with Crippen LogP contribution < -0.4 is 20.7 Å². The van der Waals surface area contributed by atoms with Crippen molar-refractivity contribution in [1.29, 1.82) is 0 Å². The number of hydrogen-bond acceptors (Lipinski definition) is 6. The van der Waals surface area contributed by atoms with Gasteiger partial charge in [-0.2, -0.15) is 0 Å². The van der Waals surface area contributed by atoms with Crippen LogP contribution in [0.3, 0.4) is 0 Å². The number of carbonyl (C=O) groups excluding carboxylic acids is 1. The average molecular weight is 519 g/mol. The Morgan fingerprint density at radius 1 is 1.34 bits per heavy atom. The maximum atomic E-state index is 15.0. The van der Waals surface area contributed by atoms with Gasteiger partial charge in [0.25, 0.3) is 5.91 Å². The van der Waals surface area contributed by atoms with Crippen LogP contribution in [0.25, 0.3) is 11.7 Å². The summed E-state index contributed by atoms with van der Waals surface area (Å²) in [6.07, 6.45) is 3.39. The molecule has 3 heterocycles. The molecule has 3 aromatic rings. The Bertz CT molecular complexity index is 1370. The van der Waals surface area contributed by atoms with Gasteiger partial charge in [0.15, 0.2) is 5.65 Å². The molecule has 1 aliphatic heterocycles. The van der Waals surface area contributed by atoms with Crippen LogP contribution in [0, 0.1) is 11.8 Å². The van der Waals surface area contributed by atoms with Crippen molar-refractivity contribution in [2.24, 2.45) is 0 Å². The number of methoxy groups -OCH3 is 1. The van der Waals surface area contributed by atoms with Gasteiger partial charge in [-0.3, -0.25) is 14.1 Å². The van der Waals surface area contributed by atoms with E-state index in [9.17, 15) is 9.18 Å². The minimum Gasteiger partial charge on any atom is -0.495 e. The number of nitrogens with zero attached hydrogens (tertiary/aromatic N) is 3. The van der Waals surface area contributed by atoms with Gasteiger partial charge in [-0.1, -0.05) is 12.5 Å². The van der Waals surface area contributed by atoms with Gasteiger partial charge in [0, 0.05) is 37.9 Å². The summed E-state index contributed by atoms with van der Waals surface area (Å²) >= 11 is 0. The summed E-state index contributed by atoms with van der Waals surface area (Å²) in [5.74, 6) is 6.60. The van der Waals surface area contributed by atoms with Gasteiger partial charge < -0.3 is 20.7 Å².